The molecule has 1 saturated heterocycles. The van der Waals surface area contributed by atoms with E-state index in [4.69, 9.17) is 0 Å². The molecule has 2 unspecified atom stereocenters. The van der Waals surface area contributed by atoms with Crippen LogP contribution in [-0.2, 0) is 6.54 Å². The molecule has 0 aromatic carbocycles. The van der Waals surface area contributed by atoms with E-state index in [0.29, 0.717) is 12.1 Å². The van der Waals surface area contributed by atoms with Crippen LogP contribution in [-0.4, -0.2) is 21.9 Å². The van der Waals surface area contributed by atoms with E-state index in [1.54, 1.807) is 0 Å². The Hall–Kier alpha value is -1.09. The first-order chi connectivity index (χ1) is 8.61. The van der Waals surface area contributed by atoms with Gasteiger partial charge in [0, 0.05) is 29.9 Å². The SMILES string of the molecule is CCn1nc(C)c(/C=C/C2CCCC(C)N2)c1C. The van der Waals surface area contributed by atoms with E-state index in [9.17, 15) is 0 Å². The largest absolute Gasteiger partial charge is 0.308 e. The Balaban J connectivity index is 2.11. The Bertz CT molecular complexity index is 431. The Morgan fingerprint density at radius 1 is 1.39 bits per heavy atom. The van der Waals surface area contributed by atoms with Gasteiger partial charge in [-0.3, -0.25) is 4.68 Å². The zero-order chi connectivity index (χ0) is 13.1. The van der Waals surface area contributed by atoms with Gasteiger partial charge in [0.2, 0.25) is 0 Å². The van der Waals surface area contributed by atoms with Gasteiger partial charge >= 0.3 is 0 Å². The van der Waals surface area contributed by atoms with E-state index in [1.807, 2.05) is 0 Å². The molecule has 3 heteroatoms. The maximum atomic E-state index is 4.55. The van der Waals surface area contributed by atoms with Crippen molar-refractivity contribution < 1.29 is 0 Å². The lowest BCUT2D eigenvalue weighted by Gasteiger charge is -2.26. The molecule has 1 aliphatic heterocycles. The molecule has 1 N–H and O–H groups in total. The zero-order valence-electron chi connectivity index (χ0n) is 12.0. The molecule has 1 aromatic heterocycles. The van der Waals surface area contributed by atoms with Crippen LogP contribution in [0.25, 0.3) is 6.08 Å². The zero-order valence-corrected chi connectivity index (χ0v) is 12.0. The first-order valence-electron chi connectivity index (χ1n) is 7.10. The summed E-state index contributed by atoms with van der Waals surface area (Å²) >= 11 is 0. The molecule has 3 nitrogen and oxygen atoms in total. The number of rotatable bonds is 3. The van der Waals surface area contributed by atoms with Crippen LogP contribution < -0.4 is 5.32 Å². The fourth-order valence-corrected chi connectivity index (χ4v) is 2.80. The number of nitrogens with zero attached hydrogens (tertiary/aromatic N) is 2. The molecule has 18 heavy (non-hydrogen) atoms. The average Bonchev–Trinajstić information content (AvgIpc) is 2.62. The summed E-state index contributed by atoms with van der Waals surface area (Å²) in [7, 11) is 0. The highest BCUT2D eigenvalue weighted by molar-refractivity contribution is 5.55. The van der Waals surface area contributed by atoms with Gasteiger partial charge in [-0.05, 0) is 40.5 Å². The minimum absolute atomic E-state index is 0.525. The summed E-state index contributed by atoms with van der Waals surface area (Å²) in [4.78, 5) is 0. The molecule has 0 radical (unpaired) electrons. The molecule has 0 spiro atoms. The van der Waals surface area contributed by atoms with Gasteiger partial charge < -0.3 is 5.32 Å². The van der Waals surface area contributed by atoms with E-state index in [-0.39, 0.29) is 0 Å². The van der Waals surface area contributed by atoms with Crippen molar-refractivity contribution in [1.29, 1.82) is 0 Å². The maximum Gasteiger partial charge on any atom is 0.0668 e. The minimum atomic E-state index is 0.525. The topological polar surface area (TPSA) is 29.9 Å². The van der Waals surface area contributed by atoms with Gasteiger partial charge in [0.15, 0.2) is 0 Å². The molecule has 0 aliphatic carbocycles. The van der Waals surface area contributed by atoms with Crippen LogP contribution in [0.2, 0.25) is 0 Å². The van der Waals surface area contributed by atoms with Crippen molar-refractivity contribution in [2.75, 3.05) is 0 Å². The molecule has 1 aliphatic rings. The smallest absolute Gasteiger partial charge is 0.0668 e. The van der Waals surface area contributed by atoms with Crippen LogP contribution in [0.3, 0.4) is 0 Å². The number of aromatic nitrogens is 2. The lowest BCUT2D eigenvalue weighted by Crippen LogP contribution is -2.39. The third kappa shape index (κ3) is 2.83. The van der Waals surface area contributed by atoms with Crippen molar-refractivity contribution in [3.8, 4) is 0 Å². The second kappa shape index (κ2) is 5.70. The normalized spacial score (nSPS) is 24.9. The predicted octanol–water partition coefficient (Wildman–Crippen LogP) is 3.06. The van der Waals surface area contributed by atoms with Crippen LogP contribution in [0.15, 0.2) is 6.08 Å². The molecule has 2 heterocycles. The second-order valence-corrected chi connectivity index (χ2v) is 5.36. The Kier molecular flexibility index (Phi) is 4.23. The number of nitrogens with one attached hydrogen (secondary N) is 1. The monoisotopic (exact) mass is 247 g/mol. The summed E-state index contributed by atoms with van der Waals surface area (Å²) in [5.41, 5.74) is 3.70. The molecule has 0 bridgehead atoms. The Morgan fingerprint density at radius 3 is 2.78 bits per heavy atom. The van der Waals surface area contributed by atoms with Gasteiger partial charge in [0.25, 0.3) is 0 Å². The van der Waals surface area contributed by atoms with Crippen LogP contribution in [0, 0.1) is 13.8 Å². The van der Waals surface area contributed by atoms with Gasteiger partial charge in [0.05, 0.1) is 5.69 Å². The first-order valence-corrected chi connectivity index (χ1v) is 7.10. The molecule has 0 saturated carbocycles. The van der Waals surface area contributed by atoms with Gasteiger partial charge in [0.1, 0.15) is 0 Å². The summed E-state index contributed by atoms with van der Waals surface area (Å²) in [6.45, 7) is 9.60. The first kappa shape index (κ1) is 13.3. The summed E-state index contributed by atoms with van der Waals surface area (Å²) in [6, 6.07) is 1.17. The van der Waals surface area contributed by atoms with Crippen LogP contribution in [0.1, 0.15) is 50.1 Å². The molecule has 100 valence electrons. The summed E-state index contributed by atoms with van der Waals surface area (Å²) in [6.07, 6.45) is 8.44. The molecular weight excluding hydrogens is 222 g/mol. The summed E-state index contributed by atoms with van der Waals surface area (Å²) in [5, 5.41) is 8.18. The van der Waals surface area contributed by atoms with Gasteiger partial charge in [-0.15, -0.1) is 0 Å². The van der Waals surface area contributed by atoms with E-state index in [2.05, 4.69) is 54.9 Å². The van der Waals surface area contributed by atoms with Crippen LogP contribution in [0.4, 0.5) is 0 Å². The molecule has 1 aromatic rings. The molecule has 2 atom stereocenters. The fraction of sp³-hybridized carbons (Fsp3) is 0.667. The highest BCUT2D eigenvalue weighted by Crippen LogP contribution is 2.18. The number of piperidine rings is 1. The Labute approximate surface area is 110 Å². The van der Waals surface area contributed by atoms with Crippen molar-refractivity contribution in [2.24, 2.45) is 0 Å². The maximum absolute atomic E-state index is 4.55. The molecule has 1 fully saturated rings. The van der Waals surface area contributed by atoms with Gasteiger partial charge in [-0.1, -0.05) is 18.6 Å². The summed E-state index contributed by atoms with van der Waals surface area (Å²) in [5.74, 6) is 0. The lowest BCUT2D eigenvalue weighted by molar-refractivity contribution is 0.375. The van der Waals surface area contributed by atoms with Crippen molar-refractivity contribution in [3.05, 3.63) is 23.0 Å². The van der Waals surface area contributed by atoms with Crippen LogP contribution >= 0.6 is 0 Å². The van der Waals surface area contributed by atoms with Crippen LogP contribution in [0.5, 0.6) is 0 Å². The van der Waals surface area contributed by atoms with Crippen molar-refractivity contribution in [1.82, 2.24) is 15.1 Å². The van der Waals surface area contributed by atoms with Crippen molar-refractivity contribution in [2.45, 2.75) is 65.6 Å². The minimum Gasteiger partial charge on any atom is -0.308 e. The van der Waals surface area contributed by atoms with Gasteiger partial charge in [-0.2, -0.15) is 5.10 Å². The average molecular weight is 247 g/mol. The molecular formula is C15H25N3. The Morgan fingerprint density at radius 2 is 2.17 bits per heavy atom. The van der Waals surface area contributed by atoms with Gasteiger partial charge in [-0.25, -0.2) is 0 Å². The second-order valence-electron chi connectivity index (χ2n) is 5.36. The number of hydrogen-bond donors (Lipinski definition) is 1. The molecule has 2 rings (SSSR count). The summed E-state index contributed by atoms with van der Waals surface area (Å²) < 4.78 is 2.08. The van der Waals surface area contributed by atoms with E-state index in [0.717, 1.165) is 12.2 Å². The van der Waals surface area contributed by atoms with E-state index >= 15 is 0 Å². The van der Waals surface area contributed by atoms with Crippen molar-refractivity contribution in [3.63, 3.8) is 0 Å². The third-order valence-corrected chi connectivity index (χ3v) is 3.88. The quantitative estimate of drug-likeness (QED) is 0.889. The lowest BCUT2D eigenvalue weighted by atomic mass is 9.98. The number of aryl methyl sites for hydroxylation is 2. The number of hydrogen-bond acceptors (Lipinski definition) is 2. The predicted molar refractivity (Wildman–Crippen MR) is 76.6 cm³/mol. The standard InChI is InChI=1S/C15H25N3/c1-5-18-13(4)15(12(3)17-18)10-9-14-8-6-7-11(2)16-14/h9-11,14,16H,5-8H2,1-4H3/b10-9+. The fourth-order valence-electron chi connectivity index (χ4n) is 2.80. The van der Waals surface area contributed by atoms with E-state index < -0.39 is 0 Å². The third-order valence-electron chi connectivity index (χ3n) is 3.88. The molecule has 0 amide bonds. The highest BCUT2D eigenvalue weighted by atomic mass is 15.3. The van der Waals surface area contributed by atoms with E-state index in [1.165, 1.54) is 30.5 Å². The highest BCUT2D eigenvalue weighted by Gasteiger charge is 2.15. The van der Waals surface area contributed by atoms with Crippen molar-refractivity contribution >= 4 is 6.08 Å².